The van der Waals surface area contributed by atoms with E-state index >= 15 is 4.39 Å². The standard InChI is InChI=1S/C17H19F2N3O4/c1-20-2-4-21(5-3-20)15-12(18)8-10-14(13(15)19)22(6-7-23)9-11(16(10)24)17(25)26/h8-9,23H,2-7H2,1H3,(H,25,26). The van der Waals surface area contributed by atoms with Crippen molar-refractivity contribution in [3.63, 3.8) is 0 Å². The van der Waals surface area contributed by atoms with Gasteiger partial charge in [0.15, 0.2) is 5.82 Å². The number of piperazine rings is 1. The predicted octanol–water partition coefficient (Wildman–Crippen LogP) is 0.722. The van der Waals surface area contributed by atoms with Gasteiger partial charge in [0.1, 0.15) is 17.1 Å². The highest BCUT2D eigenvalue weighted by Crippen LogP contribution is 2.30. The van der Waals surface area contributed by atoms with E-state index in [4.69, 9.17) is 5.11 Å². The number of halogens is 2. The number of carboxylic acid groups (broad SMARTS) is 1. The number of carbonyl (C=O) groups is 1. The summed E-state index contributed by atoms with van der Waals surface area (Å²) in [4.78, 5) is 27.2. The summed E-state index contributed by atoms with van der Waals surface area (Å²) in [7, 11) is 1.91. The molecule has 0 amide bonds. The van der Waals surface area contributed by atoms with E-state index in [-0.39, 0.29) is 23.1 Å². The molecular formula is C17H19F2N3O4. The SMILES string of the molecule is CN1CCN(c2c(F)cc3c(=O)c(C(=O)O)cn(CCO)c3c2F)CC1. The van der Waals surface area contributed by atoms with E-state index < -0.39 is 35.2 Å². The lowest BCUT2D eigenvalue weighted by Gasteiger charge is -2.34. The maximum atomic E-state index is 15.2. The summed E-state index contributed by atoms with van der Waals surface area (Å²) in [6.07, 6.45) is 0.984. The van der Waals surface area contributed by atoms with Crippen LogP contribution in [0.2, 0.25) is 0 Å². The second-order valence-electron chi connectivity index (χ2n) is 6.30. The smallest absolute Gasteiger partial charge is 0.341 e. The monoisotopic (exact) mass is 367 g/mol. The molecule has 140 valence electrons. The first-order chi connectivity index (χ1) is 12.3. The van der Waals surface area contributed by atoms with Gasteiger partial charge in [-0.25, -0.2) is 13.6 Å². The van der Waals surface area contributed by atoms with E-state index in [0.29, 0.717) is 26.2 Å². The van der Waals surface area contributed by atoms with Gasteiger partial charge in [-0.2, -0.15) is 0 Å². The topological polar surface area (TPSA) is 86.0 Å². The van der Waals surface area contributed by atoms with Crippen molar-refractivity contribution in [1.82, 2.24) is 9.47 Å². The molecule has 1 fully saturated rings. The minimum atomic E-state index is -1.49. The van der Waals surface area contributed by atoms with Crippen molar-refractivity contribution >= 4 is 22.6 Å². The number of likely N-dealkylation sites (N-methyl/N-ethyl adjacent to an activating group) is 1. The maximum Gasteiger partial charge on any atom is 0.341 e. The van der Waals surface area contributed by atoms with Gasteiger partial charge in [0.05, 0.1) is 17.5 Å². The Balaban J connectivity index is 2.27. The average molecular weight is 367 g/mol. The fourth-order valence-corrected chi connectivity index (χ4v) is 3.23. The number of hydrogen-bond donors (Lipinski definition) is 2. The normalized spacial score (nSPS) is 15.6. The van der Waals surface area contributed by atoms with Crippen molar-refractivity contribution in [1.29, 1.82) is 0 Å². The molecule has 1 aromatic carbocycles. The molecular weight excluding hydrogens is 348 g/mol. The number of fused-ring (bicyclic) bond motifs is 1. The quantitative estimate of drug-likeness (QED) is 0.828. The number of anilines is 1. The van der Waals surface area contributed by atoms with E-state index in [1.54, 1.807) is 4.90 Å². The molecule has 2 N–H and O–H groups in total. The van der Waals surface area contributed by atoms with E-state index in [0.717, 1.165) is 16.8 Å². The van der Waals surface area contributed by atoms with Crippen LogP contribution in [0.15, 0.2) is 17.1 Å². The Labute approximate surface area is 147 Å². The van der Waals surface area contributed by atoms with Gasteiger partial charge in [-0.1, -0.05) is 0 Å². The van der Waals surface area contributed by atoms with E-state index in [1.165, 1.54) is 0 Å². The summed E-state index contributed by atoms with van der Waals surface area (Å²) >= 11 is 0. The molecule has 0 saturated carbocycles. The van der Waals surface area contributed by atoms with Gasteiger partial charge in [0.2, 0.25) is 5.43 Å². The van der Waals surface area contributed by atoms with Crippen molar-refractivity contribution in [3.05, 3.63) is 39.7 Å². The van der Waals surface area contributed by atoms with Gasteiger partial charge in [0, 0.05) is 38.9 Å². The molecule has 0 spiro atoms. The molecule has 7 nitrogen and oxygen atoms in total. The molecule has 0 radical (unpaired) electrons. The maximum absolute atomic E-state index is 15.2. The third kappa shape index (κ3) is 3.04. The minimum Gasteiger partial charge on any atom is -0.477 e. The molecule has 2 heterocycles. The third-order valence-electron chi connectivity index (χ3n) is 4.62. The zero-order chi connectivity index (χ0) is 19.0. The van der Waals surface area contributed by atoms with Gasteiger partial charge in [0.25, 0.3) is 0 Å². The Kier molecular flexibility index (Phi) is 4.92. The number of aliphatic hydroxyl groups is 1. The van der Waals surface area contributed by atoms with Crippen molar-refractivity contribution in [2.75, 3.05) is 44.7 Å². The molecule has 3 rings (SSSR count). The molecule has 0 unspecified atom stereocenters. The van der Waals surface area contributed by atoms with Crippen LogP contribution in [-0.2, 0) is 6.54 Å². The molecule has 1 aliphatic heterocycles. The highest BCUT2D eigenvalue weighted by molar-refractivity contribution is 5.93. The first kappa shape index (κ1) is 18.3. The molecule has 9 heteroatoms. The Bertz CT molecular complexity index is 921. The van der Waals surface area contributed by atoms with Crippen LogP contribution in [-0.4, -0.2) is 65.5 Å². The minimum absolute atomic E-state index is 0.123. The predicted molar refractivity (Wildman–Crippen MR) is 91.9 cm³/mol. The number of rotatable bonds is 4. The molecule has 26 heavy (non-hydrogen) atoms. The van der Waals surface area contributed by atoms with Crippen LogP contribution in [0.5, 0.6) is 0 Å². The highest BCUT2D eigenvalue weighted by Gasteiger charge is 2.26. The lowest BCUT2D eigenvalue weighted by Crippen LogP contribution is -2.45. The lowest BCUT2D eigenvalue weighted by atomic mass is 10.1. The zero-order valence-corrected chi connectivity index (χ0v) is 14.2. The summed E-state index contributed by atoms with van der Waals surface area (Å²) in [6.45, 7) is 1.61. The number of nitrogens with zero attached hydrogens (tertiary/aromatic N) is 3. The highest BCUT2D eigenvalue weighted by atomic mass is 19.1. The van der Waals surface area contributed by atoms with Gasteiger partial charge in [-0.15, -0.1) is 0 Å². The Hall–Kier alpha value is -2.52. The Morgan fingerprint density at radius 3 is 2.46 bits per heavy atom. The molecule has 2 aromatic rings. The summed E-state index contributed by atoms with van der Waals surface area (Å²) in [5.41, 5.74) is -1.99. The summed E-state index contributed by atoms with van der Waals surface area (Å²) in [6, 6.07) is 0.884. The molecule has 1 aromatic heterocycles. The van der Waals surface area contributed by atoms with E-state index in [9.17, 15) is 19.1 Å². The molecule has 0 aliphatic carbocycles. The van der Waals surface area contributed by atoms with Crippen LogP contribution in [0.1, 0.15) is 10.4 Å². The van der Waals surface area contributed by atoms with Crippen molar-refractivity contribution in [2.45, 2.75) is 6.54 Å². The number of aromatic nitrogens is 1. The summed E-state index contributed by atoms with van der Waals surface area (Å²) < 4.78 is 31.0. The molecule has 1 aliphatic rings. The van der Waals surface area contributed by atoms with Gasteiger partial charge < -0.3 is 24.6 Å². The van der Waals surface area contributed by atoms with Gasteiger partial charge in [-0.05, 0) is 13.1 Å². The number of aliphatic hydroxyl groups excluding tert-OH is 1. The molecule has 0 bridgehead atoms. The Morgan fingerprint density at radius 1 is 1.23 bits per heavy atom. The largest absolute Gasteiger partial charge is 0.477 e. The second-order valence-corrected chi connectivity index (χ2v) is 6.30. The van der Waals surface area contributed by atoms with E-state index in [2.05, 4.69) is 0 Å². The van der Waals surface area contributed by atoms with Crippen LogP contribution < -0.4 is 10.3 Å². The fourth-order valence-electron chi connectivity index (χ4n) is 3.23. The fraction of sp³-hybridized carbons (Fsp3) is 0.412. The van der Waals surface area contributed by atoms with Crippen LogP contribution >= 0.6 is 0 Å². The number of aromatic carboxylic acids is 1. The summed E-state index contributed by atoms with van der Waals surface area (Å²) in [5.74, 6) is -3.32. The molecule has 1 saturated heterocycles. The summed E-state index contributed by atoms with van der Waals surface area (Å²) in [5, 5.41) is 18.0. The average Bonchev–Trinajstić information content (AvgIpc) is 2.58. The van der Waals surface area contributed by atoms with Gasteiger partial charge in [-0.3, -0.25) is 4.79 Å². The van der Waals surface area contributed by atoms with Gasteiger partial charge >= 0.3 is 5.97 Å². The van der Waals surface area contributed by atoms with Crippen LogP contribution in [0, 0.1) is 11.6 Å². The third-order valence-corrected chi connectivity index (χ3v) is 4.62. The second kappa shape index (κ2) is 7.00. The van der Waals surface area contributed by atoms with Crippen molar-refractivity contribution in [2.24, 2.45) is 0 Å². The van der Waals surface area contributed by atoms with E-state index in [1.807, 2.05) is 11.9 Å². The number of carboxylic acids is 1. The number of benzene rings is 1. The van der Waals surface area contributed by atoms with Crippen LogP contribution in [0.25, 0.3) is 10.9 Å². The number of pyridine rings is 1. The van der Waals surface area contributed by atoms with Crippen LogP contribution in [0.4, 0.5) is 14.5 Å². The first-order valence-corrected chi connectivity index (χ1v) is 8.18. The number of hydrogen-bond acceptors (Lipinski definition) is 5. The molecule has 0 atom stereocenters. The van der Waals surface area contributed by atoms with Crippen molar-refractivity contribution < 1.29 is 23.8 Å². The van der Waals surface area contributed by atoms with Crippen LogP contribution in [0.3, 0.4) is 0 Å². The zero-order valence-electron chi connectivity index (χ0n) is 14.2. The first-order valence-electron chi connectivity index (χ1n) is 8.18. The Morgan fingerprint density at radius 2 is 1.88 bits per heavy atom. The van der Waals surface area contributed by atoms with Crippen molar-refractivity contribution in [3.8, 4) is 0 Å². The lowest BCUT2D eigenvalue weighted by molar-refractivity contribution is 0.0694.